The van der Waals surface area contributed by atoms with Gasteiger partial charge in [0.25, 0.3) is 5.91 Å². The molecule has 0 saturated heterocycles. The molecule has 0 aliphatic rings. The van der Waals surface area contributed by atoms with Gasteiger partial charge in [-0.1, -0.05) is 44.9 Å². The fourth-order valence-corrected chi connectivity index (χ4v) is 3.36. The summed E-state index contributed by atoms with van der Waals surface area (Å²) >= 11 is 0. The van der Waals surface area contributed by atoms with Gasteiger partial charge in [-0.05, 0) is 49.2 Å². The first-order valence-corrected chi connectivity index (χ1v) is 11.0. The highest BCUT2D eigenvalue weighted by Gasteiger charge is 2.21. The van der Waals surface area contributed by atoms with Crippen LogP contribution in [-0.2, 0) is 9.59 Å². The molecule has 2 aromatic carbocycles. The summed E-state index contributed by atoms with van der Waals surface area (Å²) in [5.41, 5.74) is 3.71. The Morgan fingerprint density at radius 2 is 1.47 bits per heavy atom. The van der Waals surface area contributed by atoms with E-state index in [1.807, 2.05) is 44.2 Å². The maximum Gasteiger partial charge on any atom is 0.253 e. The molecule has 2 rings (SSSR count). The molecule has 0 bridgehead atoms. The van der Waals surface area contributed by atoms with E-state index in [0.29, 0.717) is 24.9 Å². The van der Waals surface area contributed by atoms with Crippen LogP contribution in [0.2, 0.25) is 0 Å². The Morgan fingerprint density at radius 1 is 0.875 bits per heavy atom. The molecule has 0 spiro atoms. The molecular formula is C25H33N3O4. The first-order chi connectivity index (χ1) is 15.3. The van der Waals surface area contributed by atoms with Crippen molar-refractivity contribution < 1.29 is 19.6 Å². The van der Waals surface area contributed by atoms with Gasteiger partial charge in [-0.3, -0.25) is 24.5 Å². The van der Waals surface area contributed by atoms with Crippen LogP contribution < -0.4 is 10.4 Å². The molecule has 0 aliphatic heterocycles. The number of nitrogens with one attached hydrogen (secondary N) is 1. The van der Waals surface area contributed by atoms with Crippen molar-refractivity contribution in [1.29, 1.82) is 0 Å². The molecule has 2 aromatic rings. The third-order valence-corrected chi connectivity index (χ3v) is 5.22. The van der Waals surface area contributed by atoms with Crippen molar-refractivity contribution in [1.82, 2.24) is 10.4 Å². The van der Waals surface area contributed by atoms with Gasteiger partial charge in [-0.2, -0.15) is 0 Å². The number of benzene rings is 2. The number of para-hydroxylation sites is 1. The third kappa shape index (κ3) is 7.20. The number of rotatable bonds is 11. The minimum Gasteiger partial charge on any atom is -0.342 e. The fourth-order valence-electron chi connectivity index (χ4n) is 3.36. The smallest absolute Gasteiger partial charge is 0.253 e. The zero-order valence-electron chi connectivity index (χ0n) is 19.1. The Morgan fingerprint density at radius 3 is 2.06 bits per heavy atom. The Bertz CT molecular complexity index is 882. The summed E-state index contributed by atoms with van der Waals surface area (Å²) in [4.78, 5) is 39.9. The predicted octanol–water partition coefficient (Wildman–Crippen LogP) is 4.54. The SMILES string of the molecule is CC(C)C(=O)N(c1ccccc1)c1ccc(C(=O)N(C)CCCCCCC(=O)NO)cc1. The molecular weight excluding hydrogens is 406 g/mol. The summed E-state index contributed by atoms with van der Waals surface area (Å²) in [7, 11) is 1.77. The van der Waals surface area contributed by atoms with E-state index in [-0.39, 0.29) is 23.6 Å². The average Bonchev–Trinajstić information content (AvgIpc) is 2.81. The molecule has 0 radical (unpaired) electrons. The number of carbonyl (C=O) groups excluding carboxylic acids is 3. The second-order valence-electron chi connectivity index (χ2n) is 8.14. The Hall–Kier alpha value is -3.19. The number of carbonyl (C=O) groups is 3. The Kier molecular flexibility index (Phi) is 9.88. The standard InChI is InChI=1S/C25H33N3O4/c1-19(2)24(30)28(21-11-7-6-8-12-21)22-16-14-20(15-17-22)25(31)27(3)18-10-5-4-9-13-23(29)26-32/h6-8,11-12,14-17,19,32H,4-5,9-10,13,18H2,1-3H3,(H,26,29). The van der Waals surface area contributed by atoms with Gasteiger partial charge in [0, 0.05) is 42.9 Å². The molecule has 3 amide bonds. The average molecular weight is 440 g/mol. The molecule has 0 atom stereocenters. The highest BCUT2D eigenvalue weighted by Crippen LogP contribution is 2.27. The summed E-state index contributed by atoms with van der Waals surface area (Å²) in [6.07, 6.45) is 3.61. The number of unbranched alkanes of at least 4 members (excludes halogenated alkanes) is 3. The van der Waals surface area contributed by atoms with E-state index in [2.05, 4.69) is 0 Å². The van der Waals surface area contributed by atoms with Crippen LogP contribution in [0.25, 0.3) is 0 Å². The molecule has 0 saturated carbocycles. The lowest BCUT2D eigenvalue weighted by Crippen LogP contribution is -2.30. The van der Waals surface area contributed by atoms with Gasteiger partial charge in [0.15, 0.2) is 0 Å². The first-order valence-electron chi connectivity index (χ1n) is 11.0. The van der Waals surface area contributed by atoms with Crippen LogP contribution in [0.15, 0.2) is 54.6 Å². The molecule has 172 valence electrons. The van der Waals surface area contributed by atoms with E-state index in [1.165, 1.54) is 0 Å². The second-order valence-corrected chi connectivity index (χ2v) is 8.14. The van der Waals surface area contributed by atoms with Crippen molar-refractivity contribution in [3.63, 3.8) is 0 Å². The molecule has 0 fully saturated rings. The highest BCUT2D eigenvalue weighted by molar-refractivity contribution is 6.02. The quantitative estimate of drug-likeness (QED) is 0.306. The number of hydrogen-bond acceptors (Lipinski definition) is 4. The van der Waals surface area contributed by atoms with Gasteiger partial charge in [0.05, 0.1) is 0 Å². The maximum absolute atomic E-state index is 12.8. The fraction of sp³-hybridized carbons (Fsp3) is 0.400. The zero-order chi connectivity index (χ0) is 23.5. The van der Waals surface area contributed by atoms with Crippen molar-refractivity contribution in [2.24, 2.45) is 5.92 Å². The highest BCUT2D eigenvalue weighted by atomic mass is 16.5. The van der Waals surface area contributed by atoms with Crippen LogP contribution in [0.3, 0.4) is 0 Å². The number of anilines is 2. The van der Waals surface area contributed by atoms with E-state index in [4.69, 9.17) is 5.21 Å². The molecule has 0 aliphatic carbocycles. The second kappa shape index (κ2) is 12.6. The maximum atomic E-state index is 12.8. The minimum atomic E-state index is -0.373. The number of hydroxylamine groups is 1. The number of hydrogen-bond donors (Lipinski definition) is 2. The van der Waals surface area contributed by atoms with Crippen LogP contribution in [0.4, 0.5) is 11.4 Å². The minimum absolute atomic E-state index is 0.0103. The first kappa shape index (κ1) is 25.1. The molecule has 0 unspecified atom stereocenters. The Balaban J connectivity index is 1.97. The molecule has 7 nitrogen and oxygen atoms in total. The zero-order valence-corrected chi connectivity index (χ0v) is 19.1. The van der Waals surface area contributed by atoms with Crippen LogP contribution in [0.1, 0.15) is 56.3 Å². The van der Waals surface area contributed by atoms with Crippen molar-refractivity contribution in [2.75, 3.05) is 18.5 Å². The monoisotopic (exact) mass is 439 g/mol. The number of nitrogens with zero attached hydrogens (tertiary/aromatic N) is 2. The predicted molar refractivity (Wildman–Crippen MR) is 125 cm³/mol. The van der Waals surface area contributed by atoms with Crippen molar-refractivity contribution in [3.05, 3.63) is 60.2 Å². The lowest BCUT2D eigenvalue weighted by atomic mass is 10.1. The van der Waals surface area contributed by atoms with E-state index in [0.717, 1.165) is 30.6 Å². The normalized spacial score (nSPS) is 10.7. The topological polar surface area (TPSA) is 90.0 Å². The summed E-state index contributed by atoms with van der Waals surface area (Å²) in [5.74, 6) is -0.621. The summed E-state index contributed by atoms with van der Waals surface area (Å²) in [6.45, 7) is 4.35. The number of amides is 3. The van der Waals surface area contributed by atoms with Gasteiger partial charge in [0.1, 0.15) is 0 Å². The summed E-state index contributed by atoms with van der Waals surface area (Å²) < 4.78 is 0. The molecule has 32 heavy (non-hydrogen) atoms. The van der Waals surface area contributed by atoms with Gasteiger partial charge in [-0.25, -0.2) is 5.48 Å². The van der Waals surface area contributed by atoms with E-state index in [1.54, 1.807) is 46.6 Å². The Labute approximate surface area is 190 Å². The molecule has 7 heteroatoms. The van der Waals surface area contributed by atoms with Gasteiger partial charge < -0.3 is 4.90 Å². The van der Waals surface area contributed by atoms with Crippen molar-refractivity contribution in [2.45, 2.75) is 46.0 Å². The molecule has 2 N–H and O–H groups in total. The van der Waals surface area contributed by atoms with Gasteiger partial charge >= 0.3 is 0 Å². The van der Waals surface area contributed by atoms with Crippen LogP contribution in [0.5, 0.6) is 0 Å². The summed E-state index contributed by atoms with van der Waals surface area (Å²) in [5, 5.41) is 8.47. The molecule has 0 aromatic heterocycles. The van der Waals surface area contributed by atoms with Crippen LogP contribution in [0, 0.1) is 5.92 Å². The van der Waals surface area contributed by atoms with Gasteiger partial charge in [-0.15, -0.1) is 0 Å². The largest absolute Gasteiger partial charge is 0.342 e. The van der Waals surface area contributed by atoms with E-state index in [9.17, 15) is 14.4 Å². The van der Waals surface area contributed by atoms with E-state index >= 15 is 0 Å². The van der Waals surface area contributed by atoms with Crippen LogP contribution in [-0.4, -0.2) is 41.4 Å². The van der Waals surface area contributed by atoms with Crippen molar-refractivity contribution >= 4 is 29.1 Å². The van der Waals surface area contributed by atoms with Crippen molar-refractivity contribution in [3.8, 4) is 0 Å². The lowest BCUT2D eigenvalue weighted by molar-refractivity contribution is -0.129. The molecule has 0 heterocycles. The van der Waals surface area contributed by atoms with E-state index < -0.39 is 0 Å². The summed E-state index contributed by atoms with van der Waals surface area (Å²) in [6, 6.07) is 16.6. The van der Waals surface area contributed by atoms with Crippen LogP contribution >= 0.6 is 0 Å². The third-order valence-electron chi connectivity index (χ3n) is 5.22. The lowest BCUT2D eigenvalue weighted by Gasteiger charge is -2.25. The van der Waals surface area contributed by atoms with Gasteiger partial charge in [0.2, 0.25) is 11.8 Å².